The number of aromatic nitrogens is 2. The standard InChI is InChI=1S/C8H9F3N4O2S/c9-8(10,11)4-13-14-6(18-4)15-2-1-7(12,3-15)5(16)17/h1-3,12H2,(H,16,17). The summed E-state index contributed by atoms with van der Waals surface area (Å²) in [7, 11) is 0. The number of carboxylic acid groups (broad SMARTS) is 1. The first-order chi connectivity index (χ1) is 8.22. The fourth-order valence-electron chi connectivity index (χ4n) is 1.63. The van der Waals surface area contributed by atoms with Gasteiger partial charge in [-0.3, -0.25) is 4.79 Å². The third-order valence-corrected chi connectivity index (χ3v) is 3.68. The smallest absolute Gasteiger partial charge is 0.445 e. The Morgan fingerprint density at radius 1 is 1.50 bits per heavy atom. The lowest BCUT2D eigenvalue weighted by molar-refractivity contribution is -0.142. The van der Waals surface area contributed by atoms with Gasteiger partial charge in [-0.1, -0.05) is 11.3 Å². The summed E-state index contributed by atoms with van der Waals surface area (Å²) in [4.78, 5) is 12.3. The first kappa shape index (κ1) is 13.0. The normalized spacial score (nSPS) is 24.6. The first-order valence-corrected chi connectivity index (χ1v) is 5.72. The van der Waals surface area contributed by atoms with Crippen molar-refractivity contribution < 1.29 is 23.1 Å². The number of nitrogens with zero attached hydrogens (tertiary/aromatic N) is 3. The fourth-order valence-corrected chi connectivity index (χ4v) is 2.37. The second kappa shape index (κ2) is 4.05. The minimum atomic E-state index is -4.54. The Labute approximate surface area is 103 Å². The van der Waals surface area contributed by atoms with Crippen molar-refractivity contribution >= 4 is 22.4 Å². The molecule has 1 fully saturated rings. The quantitative estimate of drug-likeness (QED) is 0.823. The molecule has 6 nitrogen and oxygen atoms in total. The molecule has 0 bridgehead atoms. The van der Waals surface area contributed by atoms with Crippen LogP contribution in [0.15, 0.2) is 0 Å². The largest absolute Gasteiger partial charge is 0.480 e. The number of carbonyl (C=O) groups is 1. The van der Waals surface area contributed by atoms with E-state index < -0.39 is 22.7 Å². The molecule has 0 saturated carbocycles. The molecule has 1 aliphatic rings. The number of carboxylic acids is 1. The number of alkyl halides is 3. The van der Waals surface area contributed by atoms with E-state index in [0.717, 1.165) is 0 Å². The Morgan fingerprint density at radius 2 is 2.17 bits per heavy atom. The van der Waals surface area contributed by atoms with Crippen molar-refractivity contribution in [3.63, 3.8) is 0 Å². The third kappa shape index (κ3) is 2.25. The summed E-state index contributed by atoms with van der Waals surface area (Å²) < 4.78 is 37.0. The van der Waals surface area contributed by atoms with Crippen LogP contribution in [0.2, 0.25) is 0 Å². The van der Waals surface area contributed by atoms with Crippen LogP contribution in [0, 0.1) is 0 Å². The highest BCUT2D eigenvalue weighted by atomic mass is 32.1. The predicted octanol–water partition coefficient (Wildman–Crippen LogP) is 0.549. The second-order valence-corrected chi connectivity index (χ2v) is 4.98. The van der Waals surface area contributed by atoms with Crippen LogP contribution in [0.25, 0.3) is 0 Å². The highest BCUT2D eigenvalue weighted by Crippen LogP contribution is 2.36. The molecule has 0 amide bonds. The van der Waals surface area contributed by atoms with Crippen LogP contribution in [0.3, 0.4) is 0 Å². The Morgan fingerprint density at radius 3 is 2.61 bits per heavy atom. The predicted molar refractivity (Wildman–Crippen MR) is 56.3 cm³/mol. The van der Waals surface area contributed by atoms with E-state index in [1.54, 1.807) is 0 Å². The van der Waals surface area contributed by atoms with Crippen LogP contribution in [0.1, 0.15) is 11.4 Å². The topological polar surface area (TPSA) is 92.3 Å². The Kier molecular flexibility index (Phi) is 2.93. The van der Waals surface area contributed by atoms with Gasteiger partial charge in [-0.25, -0.2) is 0 Å². The number of aliphatic carboxylic acids is 1. The van der Waals surface area contributed by atoms with Gasteiger partial charge in [0.05, 0.1) is 0 Å². The molecule has 1 aliphatic heterocycles. The van der Waals surface area contributed by atoms with Crippen molar-refractivity contribution in [2.24, 2.45) is 5.73 Å². The van der Waals surface area contributed by atoms with Crippen molar-refractivity contribution in [3.05, 3.63) is 5.01 Å². The van der Waals surface area contributed by atoms with Gasteiger partial charge in [0.2, 0.25) is 10.1 Å². The molecule has 10 heteroatoms. The molecule has 2 rings (SSSR count). The van der Waals surface area contributed by atoms with Gasteiger partial charge in [0.25, 0.3) is 0 Å². The minimum Gasteiger partial charge on any atom is -0.480 e. The van der Waals surface area contributed by atoms with Gasteiger partial charge in [-0.2, -0.15) is 13.2 Å². The Bertz CT molecular complexity index is 477. The number of hydrogen-bond donors (Lipinski definition) is 2. The molecule has 0 aliphatic carbocycles. The number of nitrogens with two attached hydrogens (primary N) is 1. The maximum atomic E-state index is 12.3. The van der Waals surface area contributed by atoms with Crippen LogP contribution in [0.5, 0.6) is 0 Å². The van der Waals surface area contributed by atoms with Gasteiger partial charge in [-0.15, -0.1) is 10.2 Å². The number of anilines is 1. The van der Waals surface area contributed by atoms with E-state index in [4.69, 9.17) is 10.8 Å². The van der Waals surface area contributed by atoms with Gasteiger partial charge in [0.1, 0.15) is 5.54 Å². The van der Waals surface area contributed by atoms with E-state index in [2.05, 4.69) is 10.2 Å². The zero-order valence-electron chi connectivity index (χ0n) is 8.94. The molecule has 100 valence electrons. The van der Waals surface area contributed by atoms with Gasteiger partial charge < -0.3 is 15.7 Å². The molecule has 2 heterocycles. The molecule has 18 heavy (non-hydrogen) atoms. The van der Waals surface area contributed by atoms with E-state index in [1.165, 1.54) is 4.90 Å². The summed E-state index contributed by atoms with van der Waals surface area (Å²) >= 11 is 0.380. The van der Waals surface area contributed by atoms with Crippen molar-refractivity contribution in [2.45, 2.75) is 18.1 Å². The van der Waals surface area contributed by atoms with E-state index in [-0.39, 0.29) is 24.6 Å². The van der Waals surface area contributed by atoms with Gasteiger partial charge in [-0.05, 0) is 6.42 Å². The summed E-state index contributed by atoms with van der Waals surface area (Å²) in [5.74, 6) is -1.18. The lowest BCUT2D eigenvalue weighted by Gasteiger charge is -2.18. The minimum absolute atomic E-state index is 0.0379. The van der Waals surface area contributed by atoms with Crippen molar-refractivity contribution in [3.8, 4) is 0 Å². The van der Waals surface area contributed by atoms with Crippen LogP contribution in [0.4, 0.5) is 18.3 Å². The summed E-state index contributed by atoms with van der Waals surface area (Å²) in [6.07, 6.45) is -4.38. The molecule has 1 unspecified atom stereocenters. The maximum absolute atomic E-state index is 12.3. The second-order valence-electron chi connectivity index (χ2n) is 4.02. The SMILES string of the molecule is NC1(C(=O)O)CCN(c2nnc(C(F)(F)F)s2)C1. The van der Waals surface area contributed by atoms with E-state index >= 15 is 0 Å². The monoisotopic (exact) mass is 282 g/mol. The van der Waals surface area contributed by atoms with E-state index in [0.29, 0.717) is 11.3 Å². The molecule has 1 aromatic rings. The first-order valence-electron chi connectivity index (χ1n) is 4.90. The van der Waals surface area contributed by atoms with Crippen LogP contribution in [-0.4, -0.2) is 39.9 Å². The van der Waals surface area contributed by atoms with Gasteiger partial charge >= 0.3 is 12.1 Å². The van der Waals surface area contributed by atoms with Crippen LogP contribution < -0.4 is 10.6 Å². The molecule has 0 radical (unpaired) electrons. The highest BCUT2D eigenvalue weighted by Gasteiger charge is 2.43. The zero-order chi connectivity index (χ0) is 13.6. The Balaban J connectivity index is 2.15. The molecule has 1 aromatic heterocycles. The lowest BCUT2D eigenvalue weighted by atomic mass is 10.0. The molecule has 0 aromatic carbocycles. The Hall–Kier alpha value is -1.42. The average Bonchev–Trinajstić information content (AvgIpc) is 2.82. The summed E-state index contributed by atoms with van der Waals surface area (Å²) in [5, 5.41) is 14.3. The third-order valence-electron chi connectivity index (χ3n) is 2.65. The molecular formula is C8H9F3N4O2S. The molecule has 3 N–H and O–H groups in total. The van der Waals surface area contributed by atoms with Crippen molar-refractivity contribution in [1.82, 2.24) is 10.2 Å². The molecular weight excluding hydrogens is 273 g/mol. The number of hydrogen-bond acceptors (Lipinski definition) is 6. The van der Waals surface area contributed by atoms with Crippen LogP contribution >= 0.6 is 11.3 Å². The number of rotatable bonds is 2. The van der Waals surface area contributed by atoms with Crippen molar-refractivity contribution in [2.75, 3.05) is 18.0 Å². The van der Waals surface area contributed by atoms with Crippen LogP contribution in [-0.2, 0) is 11.0 Å². The zero-order valence-corrected chi connectivity index (χ0v) is 9.75. The fraction of sp³-hybridized carbons (Fsp3) is 0.625. The molecule has 1 atom stereocenters. The van der Waals surface area contributed by atoms with E-state index in [1.807, 2.05) is 0 Å². The average molecular weight is 282 g/mol. The molecule has 1 saturated heterocycles. The maximum Gasteiger partial charge on any atom is 0.445 e. The van der Waals surface area contributed by atoms with E-state index in [9.17, 15) is 18.0 Å². The number of halogens is 3. The van der Waals surface area contributed by atoms with Crippen molar-refractivity contribution in [1.29, 1.82) is 0 Å². The summed E-state index contributed by atoms with van der Waals surface area (Å²) in [6, 6.07) is 0. The summed E-state index contributed by atoms with van der Waals surface area (Å²) in [5.41, 5.74) is 4.17. The summed E-state index contributed by atoms with van der Waals surface area (Å²) in [6.45, 7) is 0.171. The molecule has 0 spiro atoms. The van der Waals surface area contributed by atoms with Gasteiger partial charge in [0.15, 0.2) is 0 Å². The highest BCUT2D eigenvalue weighted by molar-refractivity contribution is 7.15. The van der Waals surface area contributed by atoms with Gasteiger partial charge in [0, 0.05) is 13.1 Å². The lowest BCUT2D eigenvalue weighted by Crippen LogP contribution is -2.50.